The first-order chi connectivity index (χ1) is 12.6. The SMILES string of the molecule is CCCNC(=O)CCNC(=NC)NCC(CC)(CC)NC(=O)OC(C)(C)C. The van der Waals surface area contributed by atoms with Gasteiger partial charge < -0.3 is 26.0 Å². The molecule has 2 amide bonds. The fourth-order valence-corrected chi connectivity index (χ4v) is 2.36. The highest BCUT2D eigenvalue weighted by molar-refractivity contribution is 5.81. The summed E-state index contributed by atoms with van der Waals surface area (Å²) in [5.41, 5.74) is -0.987. The molecule has 8 heteroatoms. The molecule has 0 aliphatic rings. The van der Waals surface area contributed by atoms with Gasteiger partial charge in [0, 0.05) is 33.1 Å². The number of hydrogen-bond donors (Lipinski definition) is 4. The lowest BCUT2D eigenvalue weighted by Crippen LogP contribution is -2.57. The van der Waals surface area contributed by atoms with Gasteiger partial charge in [0.05, 0.1) is 5.54 Å². The second-order valence-electron chi connectivity index (χ2n) is 7.57. The summed E-state index contributed by atoms with van der Waals surface area (Å²) in [5.74, 6) is 0.610. The number of guanidine groups is 1. The lowest BCUT2D eigenvalue weighted by Gasteiger charge is -2.34. The zero-order valence-electron chi connectivity index (χ0n) is 18.1. The van der Waals surface area contributed by atoms with Crippen molar-refractivity contribution in [3.8, 4) is 0 Å². The Morgan fingerprint density at radius 2 is 1.59 bits per heavy atom. The van der Waals surface area contributed by atoms with Crippen LogP contribution in [0, 0.1) is 0 Å². The molecule has 0 aromatic carbocycles. The molecule has 0 saturated heterocycles. The van der Waals surface area contributed by atoms with Crippen LogP contribution in [0.5, 0.6) is 0 Å². The van der Waals surface area contributed by atoms with E-state index < -0.39 is 17.2 Å². The summed E-state index contributed by atoms with van der Waals surface area (Å²) in [5, 5.41) is 12.2. The third-order valence-corrected chi connectivity index (χ3v) is 4.15. The normalized spacial score (nSPS) is 12.3. The Labute approximate surface area is 164 Å². The average molecular weight is 386 g/mol. The van der Waals surface area contributed by atoms with Crippen LogP contribution in [0.1, 0.15) is 67.2 Å². The first-order valence-electron chi connectivity index (χ1n) is 9.83. The van der Waals surface area contributed by atoms with E-state index in [9.17, 15) is 9.59 Å². The number of aliphatic imine (C=N–C) groups is 1. The van der Waals surface area contributed by atoms with E-state index in [1.165, 1.54) is 0 Å². The van der Waals surface area contributed by atoms with Gasteiger partial charge in [0.25, 0.3) is 0 Å². The Kier molecular flexibility index (Phi) is 11.5. The van der Waals surface area contributed by atoms with Crippen molar-refractivity contribution in [3.05, 3.63) is 0 Å². The number of carbonyl (C=O) groups excluding carboxylic acids is 2. The minimum Gasteiger partial charge on any atom is -0.444 e. The smallest absolute Gasteiger partial charge is 0.408 e. The van der Waals surface area contributed by atoms with Crippen molar-refractivity contribution in [2.75, 3.05) is 26.7 Å². The third-order valence-electron chi connectivity index (χ3n) is 4.15. The average Bonchev–Trinajstić information content (AvgIpc) is 2.60. The molecule has 27 heavy (non-hydrogen) atoms. The van der Waals surface area contributed by atoms with E-state index in [4.69, 9.17) is 4.74 Å². The zero-order chi connectivity index (χ0) is 20.9. The van der Waals surface area contributed by atoms with Gasteiger partial charge in [-0.25, -0.2) is 4.79 Å². The van der Waals surface area contributed by atoms with Gasteiger partial charge in [-0.05, 0) is 40.0 Å². The summed E-state index contributed by atoms with van der Waals surface area (Å²) in [7, 11) is 1.67. The number of ether oxygens (including phenoxy) is 1. The fraction of sp³-hybridized carbons (Fsp3) is 0.842. The van der Waals surface area contributed by atoms with Gasteiger partial charge in [0.1, 0.15) is 5.60 Å². The predicted molar refractivity (Wildman–Crippen MR) is 110 cm³/mol. The number of alkyl carbamates (subject to hydrolysis) is 1. The highest BCUT2D eigenvalue weighted by atomic mass is 16.6. The van der Waals surface area contributed by atoms with Crippen LogP contribution >= 0.6 is 0 Å². The lowest BCUT2D eigenvalue weighted by atomic mass is 9.93. The molecule has 0 rings (SSSR count). The number of amides is 2. The molecule has 0 aromatic rings. The second kappa shape index (κ2) is 12.4. The molecule has 8 nitrogen and oxygen atoms in total. The largest absolute Gasteiger partial charge is 0.444 e. The molecule has 0 atom stereocenters. The van der Waals surface area contributed by atoms with Gasteiger partial charge in [0.2, 0.25) is 5.91 Å². The Bertz CT molecular complexity index is 482. The fourth-order valence-electron chi connectivity index (χ4n) is 2.36. The lowest BCUT2D eigenvalue weighted by molar-refractivity contribution is -0.120. The summed E-state index contributed by atoms with van der Waals surface area (Å²) in [6, 6.07) is 0. The highest BCUT2D eigenvalue weighted by Gasteiger charge is 2.30. The maximum Gasteiger partial charge on any atom is 0.408 e. The molecule has 0 aliphatic carbocycles. The van der Waals surface area contributed by atoms with Crippen LogP contribution in [0.2, 0.25) is 0 Å². The molecule has 0 radical (unpaired) electrons. The number of carbonyl (C=O) groups is 2. The van der Waals surface area contributed by atoms with E-state index in [1.807, 2.05) is 41.5 Å². The minimum atomic E-state index is -0.541. The molecule has 158 valence electrons. The second-order valence-corrected chi connectivity index (χ2v) is 7.57. The standard InChI is InChI=1S/C19H39N5O3/c1-8-12-21-15(25)11-13-22-16(20-7)23-14-19(9-2,10-3)24-17(26)27-18(4,5)6/h8-14H2,1-7H3,(H,21,25)(H,24,26)(H2,20,22,23). The van der Waals surface area contributed by atoms with Crippen LogP contribution in [-0.2, 0) is 9.53 Å². The van der Waals surface area contributed by atoms with Crippen LogP contribution < -0.4 is 21.3 Å². The van der Waals surface area contributed by atoms with Gasteiger partial charge in [-0.15, -0.1) is 0 Å². The van der Waals surface area contributed by atoms with Crippen LogP contribution in [-0.4, -0.2) is 55.8 Å². The topological polar surface area (TPSA) is 104 Å². The zero-order valence-corrected chi connectivity index (χ0v) is 18.1. The molecule has 0 aliphatic heterocycles. The molecule has 0 saturated carbocycles. The molecule has 0 bridgehead atoms. The number of nitrogens with one attached hydrogen (secondary N) is 4. The number of nitrogens with zero attached hydrogens (tertiary/aromatic N) is 1. The quantitative estimate of drug-likeness (QED) is 0.341. The van der Waals surface area contributed by atoms with Crippen LogP contribution in [0.4, 0.5) is 4.79 Å². The Balaban J connectivity index is 4.59. The van der Waals surface area contributed by atoms with Gasteiger partial charge in [-0.3, -0.25) is 9.79 Å². The van der Waals surface area contributed by atoms with Gasteiger partial charge >= 0.3 is 6.09 Å². The Morgan fingerprint density at radius 1 is 0.963 bits per heavy atom. The van der Waals surface area contributed by atoms with Crippen LogP contribution in [0.25, 0.3) is 0 Å². The summed E-state index contributed by atoms with van der Waals surface area (Å²) in [6.45, 7) is 13.3. The minimum absolute atomic E-state index is 0.0165. The first-order valence-corrected chi connectivity index (χ1v) is 9.83. The van der Waals surface area contributed by atoms with Crippen LogP contribution in [0.15, 0.2) is 4.99 Å². The van der Waals surface area contributed by atoms with Crippen molar-refractivity contribution in [3.63, 3.8) is 0 Å². The highest BCUT2D eigenvalue weighted by Crippen LogP contribution is 2.16. The van der Waals surface area contributed by atoms with Crippen LogP contribution in [0.3, 0.4) is 0 Å². The molecular weight excluding hydrogens is 346 g/mol. The maximum atomic E-state index is 12.2. The first kappa shape index (κ1) is 25.0. The molecule has 0 heterocycles. The van der Waals surface area contributed by atoms with E-state index in [0.29, 0.717) is 32.0 Å². The van der Waals surface area contributed by atoms with Crippen molar-refractivity contribution in [1.29, 1.82) is 0 Å². The molecule has 0 unspecified atom stereocenters. The summed E-state index contributed by atoms with van der Waals surface area (Å²) in [4.78, 5) is 28.0. The molecule has 0 fully saturated rings. The van der Waals surface area contributed by atoms with Gasteiger partial charge in [0.15, 0.2) is 5.96 Å². The van der Waals surface area contributed by atoms with Gasteiger partial charge in [-0.2, -0.15) is 0 Å². The predicted octanol–water partition coefficient (Wildman–Crippen LogP) is 2.15. The van der Waals surface area contributed by atoms with Crippen molar-refractivity contribution < 1.29 is 14.3 Å². The van der Waals surface area contributed by atoms with E-state index in [1.54, 1.807) is 7.05 Å². The summed E-state index contributed by atoms with van der Waals surface area (Å²) >= 11 is 0. The Morgan fingerprint density at radius 3 is 2.07 bits per heavy atom. The summed E-state index contributed by atoms with van der Waals surface area (Å²) < 4.78 is 5.39. The van der Waals surface area contributed by atoms with Crippen molar-refractivity contribution in [2.24, 2.45) is 4.99 Å². The third kappa shape index (κ3) is 11.4. The molecular formula is C19H39N5O3. The maximum absolute atomic E-state index is 12.2. The number of hydrogen-bond acceptors (Lipinski definition) is 4. The monoisotopic (exact) mass is 385 g/mol. The molecule has 0 spiro atoms. The van der Waals surface area contributed by atoms with Gasteiger partial charge in [-0.1, -0.05) is 20.8 Å². The van der Waals surface area contributed by atoms with Crippen molar-refractivity contribution >= 4 is 18.0 Å². The summed E-state index contributed by atoms with van der Waals surface area (Å²) in [6.07, 6.45) is 2.36. The molecule has 0 aromatic heterocycles. The van der Waals surface area contributed by atoms with E-state index in [0.717, 1.165) is 19.3 Å². The molecule has 4 N–H and O–H groups in total. The van der Waals surface area contributed by atoms with Crippen molar-refractivity contribution in [1.82, 2.24) is 21.3 Å². The number of rotatable bonds is 10. The van der Waals surface area contributed by atoms with E-state index in [-0.39, 0.29) is 5.91 Å². The van der Waals surface area contributed by atoms with Crippen molar-refractivity contribution in [2.45, 2.75) is 78.4 Å². The van der Waals surface area contributed by atoms with E-state index >= 15 is 0 Å². The van der Waals surface area contributed by atoms with E-state index in [2.05, 4.69) is 26.3 Å². The Hall–Kier alpha value is -1.99.